The molecule has 0 radical (unpaired) electrons. The number of aliphatic hydroxyl groups excluding tert-OH is 1. The van der Waals surface area contributed by atoms with E-state index in [4.69, 9.17) is 4.74 Å². The number of nitrogens with zero attached hydrogens (tertiary/aromatic N) is 1. The molecule has 0 saturated carbocycles. The summed E-state index contributed by atoms with van der Waals surface area (Å²) in [6, 6.07) is 0. The van der Waals surface area contributed by atoms with Crippen molar-refractivity contribution in [2.45, 2.75) is 45.3 Å². The van der Waals surface area contributed by atoms with Crippen molar-refractivity contribution in [1.82, 2.24) is 4.90 Å². The SMILES string of the molecule is CC(C)(C)OCCCN1CC[C@H](O)C1. The van der Waals surface area contributed by atoms with Gasteiger partial charge in [0.1, 0.15) is 0 Å². The Kier molecular flexibility index (Phi) is 4.35. The van der Waals surface area contributed by atoms with E-state index in [1.807, 2.05) is 0 Å². The van der Waals surface area contributed by atoms with E-state index in [1.165, 1.54) is 0 Å². The van der Waals surface area contributed by atoms with Gasteiger partial charge in [0.2, 0.25) is 0 Å². The second-order valence-electron chi connectivity index (χ2n) is 5.06. The molecule has 14 heavy (non-hydrogen) atoms. The predicted molar refractivity (Wildman–Crippen MR) is 57.4 cm³/mol. The molecule has 3 nitrogen and oxygen atoms in total. The Hall–Kier alpha value is -0.120. The number of likely N-dealkylation sites (tertiary alicyclic amines) is 1. The molecule has 1 aliphatic heterocycles. The molecular formula is C11H23NO2. The van der Waals surface area contributed by atoms with Crippen LogP contribution >= 0.6 is 0 Å². The van der Waals surface area contributed by atoms with Gasteiger partial charge in [-0.2, -0.15) is 0 Å². The summed E-state index contributed by atoms with van der Waals surface area (Å²) in [5.74, 6) is 0. The van der Waals surface area contributed by atoms with E-state index < -0.39 is 0 Å². The van der Waals surface area contributed by atoms with Gasteiger partial charge in [0.25, 0.3) is 0 Å². The van der Waals surface area contributed by atoms with Crippen LogP contribution in [0.25, 0.3) is 0 Å². The van der Waals surface area contributed by atoms with Crippen LogP contribution in [0.5, 0.6) is 0 Å². The Labute approximate surface area is 87.1 Å². The summed E-state index contributed by atoms with van der Waals surface area (Å²) < 4.78 is 5.63. The highest BCUT2D eigenvalue weighted by molar-refractivity contribution is 4.73. The summed E-state index contributed by atoms with van der Waals surface area (Å²) in [5.41, 5.74) is -0.0233. The molecule has 1 saturated heterocycles. The maximum absolute atomic E-state index is 9.31. The summed E-state index contributed by atoms with van der Waals surface area (Å²) in [4.78, 5) is 2.30. The molecule has 0 aromatic carbocycles. The summed E-state index contributed by atoms with van der Waals surface area (Å²) in [7, 11) is 0. The van der Waals surface area contributed by atoms with Crippen LogP contribution in [0.1, 0.15) is 33.6 Å². The molecule has 1 heterocycles. The number of hydrogen-bond donors (Lipinski definition) is 1. The van der Waals surface area contributed by atoms with Crippen molar-refractivity contribution in [2.75, 3.05) is 26.2 Å². The van der Waals surface area contributed by atoms with Crippen molar-refractivity contribution in [3.8, 4) is 0 Å². The van der Waals surface area contributed by atoms with Gasteiger partial charge in [-0.15, -0.1) is 0 Å². The fourth-order valence-electron chi connectivity index (χ4n) is 1.68. The third-order valence-electron chi connectivity index (χ3n) is 2.40. The first kappa shape index (κ1) is 12.0. The van der Waals surface area contributed by atoms with E-state index in [9.17, 15) is 5.11 Å². The highest BCUT2D eigenvalue weighted by Gasteiger charge is 2.19. The summed E-state index contributed by atoms with van der Waals surface area (Å²) in [6.07, 6.45) is 1.89. The minimum atomic E-state index is -0.0986. The van der Waals surface area contributed by atoms with E-state index >= 15 is 0 Å². The smallest absolute Gasteiger partial charge is 0.0679 e. The molecule has 0 aliphatic carbocycles. The Morgan fingerprint density at radius 3 is 2.64 bits per heavy atom. The zero-order valence-electron chi connectivity index (χ0n) is 9.62. The van der Waals surface area contributed by atoms with Gasteiger partial charge in [0.05, 0.1) is 11.7 Å². The van der Waals surface area contributed by atoms with Crippen LogP contribution in [0, 0.1) is 0 Å². The highest BCUT2D eigenvalue weighted by Crippen LogP contribution is 2.10. The van der Waals surface area contributed by atoms with E-state index in [1.54, 1.807) is 0 Å². The number of aliphatic hydroxyl groups is 1. The lowest BCUT2D eigenvalue weighted by molar-refractivity contribution is -0.00661. The molecule has 0 bridgehead atoms. The average Bonchev–Trinajstić information content (AvgIpc) is 2.44. The van der Waals surface area contributed by atoms with Gasteiger partial charge in [-0.05, 0) is 33.6 Å². The van der Waals surface area contributed by atoms with Crippen LogP contribution in [0.15, 0.2) is 0 Å². The Morgan fingerprint density at radius 2 is 2.14 bits per heavy atom. The molecule has 3 heteroatoms. The van der Waals surface area contributed by atoms with Gasteiger partial charge < -0.3 is 14.7 Å². The highest BCUT2D eigenvalue weighted by atomic mass is 16.5. The lowest BCUT2D eigenvalue weighted by atomic mass is 10.2. The van der Waals surface area contributed by atoms with Crippen LogP contribution < -0.4 is 0 Å². The molecule has 0 aromatic heterocycles. The van der Waals surface area contributed by atoms with Gasteiger partial charge in [0, 0.05) is 26.2 Å². The van der Waals surface area contributed by atoms with Crippen molar-refractivity contribution in [3.05, 3.63) is 0 Å². The summed E-state index contributed by atoms with van der Waals surface area (Å²) >= 11 is 0. The summed E-state index contributed by atoms with van der Waals surface area (Å²) in [5, 5.41) is 9.31. The topological polar surface area (TPSA) is 32.7 Å². The molecule has 84 valence electrons. The first-order valence-electron chi connectivity index (χ1n) is 5.52. The molecule has 1 aliphatic rings. The molecule has 0 amide bonds. The Bertz CT molecular complexity index is 165. The van der Waals surface area contributed by atoms with E-state index in [2.05, 4.69) is 25.7 Å². The van der Waals surface area contributed by atoms with Crippen molar-refractivity contribution in [2.24, 2.45) is 0 Å². The first-order chi connectivity index (χ1) is 6.47. The van der Waals surface area contributed by atoms with Gasteiger partial charge in [-0.1, -0.05) is 0 Å². The van der Waals surface area contributed by atoms with E-state index in [-0.39, 0.29) is 11.7 Å². The maximum Gasteiger partial charge on any atom is 0.0679 e. The second kappa shape index (κ2) is 5.10. The van der Waals surface area contributed by atoms with Gasteiger partial charge in [-0.3, -0.25) is 0 Å². The molecule has 1 rings (SSSR count). The molecule has 0 spiro atoms. The molecule has 1 N–H and O–H groups in total. The normalized spacial score (nSPS) is 24.4. The van der Waals surface area contributed by atoms with E-state index in [0.29, 0.717) is 0 Å². The number of ether oxygens (including phenoxy) is 1. The maximum atomic E-state index is 9.31. The van der Waals surface area contributed by atoms with Gasteiger partial charge >= 0.3 is 0 Å². The lowest BCUT2D eigenvalue weighted by Gasteiger charge is -2.21. The largest absolute Gasteiger partial charge is 0.392 e. The third kappa shape index (κ3) is 4.94. The Morgan fingerprint density at radius 1 is 1.43 bits per heavy atom. The van der Waals surface area contributed by atoms with Gasteiger partial charge in [0.15, 0.2) is 0 Å². The summed E-state index contributed by atoms with van der Waals surface area (Å²) in [6.45, 7) is 9.97. The molecule has 0 aromatic rings. The average molecular weight is 201 g/mol. The number of β-amino-alcohol motifs (C(OH)–C–C–N with tert-alkyl or cyclic N) is 1. The lowest BCUT2D eigenvalue weighted by Crippen LogP contribution is -2.26. The first-order valence-corrected chi connectivity index (χ1v) is 5.52. The monoisotopic (exact) mass is 201 g/mol. The predicted octanol–water partition coefficient (Wildman–Crippen LogP) is 1.26. The van der Waals surface area contributed by atoms with Crippen LogP contribution in [-0.4, -0.2) is 48.0 Å². The Balaban J connectivity index is 1.99. The molecular weight excluding hydrogens is 178 g/mol. The zero-order chi connectivity index (χ0) is 10.6. The standard InChI is InChI=1S/C11H23NO2/c1-11(2,3)14-8-4-6-12-7-5-10(13)9-12/h10,13H,4-9H2,1-3H3/t10-/m0/s1. The second-order valence-corrected chi connectivity index (χ2v) is 5.06. The van der Waals surface area contributed by atoms with Crippen LogP contribution in [-0.2, 0) is 4.74 Å². The van der Waals surface area contributed by atoms with Crippen molar-refractivity contribution in [3.63, 3.8) is 0 Å². The number of hydrogen-bond acceptors (Lipinski definition) is 3. The van der Waals surface area contributed by atoms with Crippen LogP contribution in [0.3, 0.4) is 0 Å². The molecule has 1 atom stereocenters. The quantitative estimate of drug-likeness (QED) is 0.695. The third-order valence-corrected chi connectivity index (χ3v) is 2.40. The zero-order valence-corrected chi connectivity index (χ0v) is 9.62. The fraction of sp³-hybridized carbons (Fsp3) is 1.00. The minimum Gasteiger partial charge on any atom is -0.392 e. The van der Waals surface area contributed by atoms with Crippen molar-refractivity contribution < 1.29 is 9.84 Å². The van der Waals surface area contributed by atoms with Crippen molar-refractivity contribution in [1.29, 1.82) is 0 Å². The number of rotatable bonds is 4. The van der Waals surface area contributed by atoms with Crippen molar-refractivity contribution >= 4 is 0 Å². The molecule has 1 fully saturated rings. The minimum absolute atomic E-state index is 0.0233. The van der Waals surface area contributed by atoms with Crippen LogP contribution in [0.4, 0.5) is 0 Å². The molecule has 0 unspecified atom stereocenters. The van der Waals surface area contributed by atoms with E-state index in [0.717, 1.165) is 39.1 Å². The van der Waals surface area contributed by atoms with Gasteiger partial charge in [-0.25, -0.2) is 0 Å². The fourth-order valence-corrected chi connectivity index (χ4v) is 1.68. The van der Waals surface area contributed by atoms with Crippen LogP contribution in [0.2, 0.25) is 0 Å².